The molecule has 2 heterocycles. The first-order valence-electron chi connectivity index (χ1n) is 12.3. The molecule has 35 heavy (non-hydrogen) atoms. The van der Waals surface area contributed by atoms with Crippen LogP contribution in [0.25, 0.3) is 11.1 Å². The van der Waals surface area contributed by atoms with Crippen LogP contribution in [0.2, 0.25) is 0 Å². The third kappa shape index (κ3) is 3.86. The topological polar surface area (TPSA) is 105 Å². The largest absolute Gasteiger partial charge is 0.481 e. The Morgan fingerprint density at radius 1 is 1.00 bits per heavy atom. The molecule has 182 valence electrons. The third-order valence-electron chi connectivity index (χ3n) is 8.07. The molecule has 8 heteroatoms. The van der Waals surface area contributed by atoms with E-state index in [9.17, 15) is 19.5 Å². The van der Waals surface area contributed by atoms with E-state index in [1.54, 1.807) is 4.90 Å². The number of likely N-dealkylation sites (tertiary alicyclic amines) is 1. The van der Waals surface area contributed by atoms with E-state index >= 15 is 0 Å². The van der Waals surface area contributed by atoms with Crippen molar-refractivity contribution >= 4 is 18.0 Å². The van der Waals surface area contributed by atoms with Crippen molar-refractivity contribution in [2.24, 2.45) is 17.8 Å². The molecule has 8 nitrogen and oxygen atoms in total. The van der Waals surface area contributed by atoms with Gasteiger partial charge < -0.3 is 24.8 Å². The predicted octanol–water partition coefficient (Wildman–Crippen LogP) is 2.86. The lowest BCUT2D eigenvalue weighted by Gasteiger charge is -2.30. The first kappa shape index (κ1) is 22.1. The van der Waals surface area contributed by atoms with E-state index in [-0.39, 0.29) is 36.2 Å². The summed E-state index contributed by atoms with van der Waals surface area (Å²) in [5, 5.41) is 12.2. The molecule has 5 atom stereocenters. The van der Waals surface area contributed by atoms with Crippen LogP contribution in [0.3, 0.4) is 0 Å². The maximum absolute atomic E-state index is 13.1. The van der Waals surface area contributed by atoms with Gasteiger partial charge >= 0.3 is 12.1 Å². The van der Waals surface area contributed by atoms with Gasteiger partial charge in [-0.1, -0.05) is 48.5 Å². The summed E-state index contributed by atoms with van der Waals surface area (Å²) in [6.45, 7) is 1.56. The van der Waals surface area contributed by atoms with E-state index in [0.717, 1.165) is 22.3 Å². The van der Waals surface area contributed by atoms with Gasteiger partial charge in [0.1, 0.15) is 6.61 Å². The minimum absolute atomic E-state index is 0.0279. The van der Waals surface area contributed by atoms with Crippen LogP contribution >= 0.6 is 0 Å². The molecule has 2 N–H and O–H groups in total. The van der Waals surface area contributed by atoms with Crippen molar-refractivity contribution < 1.29 is 29.0 Å². The molecule has 4 aliphatic rings. The molecule has 2 amide bonds. The fraction of sp³-hybridized carbons (Fsp3) is 0.444. The Labute approximate surface area is 203 Å². The van der Waals surface area contributed by atoms with E-state index in [1.165, 1.54) is 0 Å². The molecular weight excluding hydrogens is 448 g/mol. The van der Waals surface area contributed by atoms with Crippen LogP contribution in [0, 0.1) is 17.8 Å². The zero-order chi connectivity index (χ0) is 24.1. The summed E-state index contributed by atoms with van der Waals surface area (Å²) in [5.74, 6) is -1.13. The molecular formula is C27H28N2O6. The zero-order valence-corrected chi connectivity index (χ0v) is 19.3. The number of carbonyl (C=O) groups is 3. The molecule has 2 aliphatic heterocycles. The smallest absolute Gasteiger partial charge is 0.407 e. The Bertz CT molecular complexity index is 1140. The second-order valence-corrected chi connectivity index (χ2v) is 9.92. The Kier molecular flexibility index (Phi) is 5.48. The fourth-order valence-corrected chi connectivity index (χ4v) is 6.26. The minimum atomic E-state index is -0.777. The van der Waals surface area contributed by atoms with Crippen molar-refractivity contribution in [2.45, 2.75) is 30.9 Å². The number of amides is 2. The first-order valence-corrected chi connectivity index (χ1v) is 12.3. The lowest BCUT2D eigenvalue weighted by Crippen LogP contribution is -2.51. The Balaban J connectivity index is 1.07. The average Bonchev–Trinajstić information content (AvgIpc) is 3.27. The third-order valence-corrected chi connectivity index (χ3v) is 8.07. The Morgan fingerprint density at radius 3 is 2.37 bits per heavy atom. The van der Waals surface area contributed by atoms with Gasteiger partial charge in [-0.2, -0.15) is 0 Å². The maximum Gasteiger partial charge on any atom is 0.407 e. The molecule has 0 bridgehead atoms. The van der Waals surface area contributed by atoms with Crippen molar-refractivity contribution in [3.8, 4) is 11.1 Å². The van der Waals surface area contributed by atoms with Crippen molar-refractivity contribution in [3.63, 3.8) is 0 Å². The molecule has 3 unspecified atom stereocenters. The number of hydrogen-bond donors (Lipinski definition) is 2. The quantitative estimate of drug-likeness (QED) is 0.688. The highest BCUT2D eigenvalue weighted by Crippen LogP contribution is 2.51. The highest BCUT2D eigenvalue weighted by atomic mass is 16.6. The summed E-state index contributed by atoms with van der Waals surface area (Å²) in [6.07, 6.45) is -0.107. The van der Waals surface area contributed by atoms with Crippen LogP contribution in [-0.2, 0) is 19.1 Å². The number of rotatable bonds is 5. The van der Waals surface area contributed by atoms with Gasteiger partial charge in [0.2, 0.25) is 0 Å². The molecule has 0 aromatic heterocycles. The number of piperidine rings is 1. The highest BCUT2D eigenvalue weighted by Gasteiger charge is 2.58. The van der Waals surface area contributed by atoms with E-state index in [4.69, 9.17) is 9.47 Å². The maximum atomic E-state index is 13.1. The number of hydrogen-bond acceptors (Lipinski definition) is 5. The molecule has 2 saturated heterocycles. The predicted molar refractivity (Wildman–Crippen MR) is 126 cm³/mol. The number of nitrogens with zero attached hydrogens (tertiary/aromatic N) is 1. The SMILES string of the molecule is O=C(N[C@H]1CCO[C@H]1C(=O)N1CCC2C(C1)C2C(=O)O)OCC1c2ccccc2-c2ccccc21. The van der Waals surface area contributed by atoms with E-state index in [2.05, 4.69) is 29.6 Å². The molecule has 6 rings (SSSR count). The normalized spacial score (nSPS) is 28.6. The zero-order valence-electron chi connectivity index (χ0n) is 19.3. The van der Waals surface area contributed by atoms with Gasteiger partial charge in [0.05, 0.1) is 12.0 Å². The van der Waals surface area contributed by atoms with Crippen molar-refractivity contribution in [2.75, 3.05) is 26.3 Å². The second-order valence-electron chi connectivity index (χ2n) is 9.92. The van der Waals surface area contributed by atoms with Gasteiger partial charge in [-0.25, -0.2) is 4.79 Å². The van der Waals surface area contributed by atoms with E-state index in [0.29, 0.717) is 32.5 Å². The summed E-state index contributed by atoms with van der Waals surface area (Å²) < 4.78 is 11.3. The van der Waals surface area contributed by atoms with Crippen LogP contribution in [-0.4, -0.2) is 66.4 Å². The molecule has 0 radical (unpaired) electrons. The van der Waals surface area contributed by atoms with Crippen molar-refractivity contribution in [3.05, 3.63) is 59.7 Å². The van der Waals surface area contributed by atoms with Gasteiger partial charge in [-0.15, -0.1) is 0 Å². The number of carboxylic acid groups (broad SMARTS) is 1. The molecule has 0 spiro atoms. The van der Waals surface area contributed by atoms with Gasteiger partial charge in [-0.05, 0) is 46.9 Å². The number of fused-ring (bicyclic) bond motifs is 4. The molecule has 1 saturated carbocycles. The molecule has 2 aliphatic carbocycles. The van der Waals surface area contributed by atoms with E-state index in [1.807, 2.05) is 24.3 Å². The van der Waals surface area contributed by atoms with Crippen LogP contribution < -0.4 is 5.32 Å². The number of nitrogens with one attached hydrogen (secondary N) is 1. The van der Waals surface area contributed by atoms with Gasteiger partial charge in [-0.3, -0.25) is 9.59 Å². The van der Waals surface area contributed by atoms with Gasteiger partial charge in [0.25, 0.3) is 5.91 Å². The van der Waals surface area contributed by atoms with Crippen LogP contribution in [0.15, 0.2) is 48.5 Å². The minimum Gasteiger partial charge on any atom is -0.481 e. The number of carboxylic acids is 1. The summed E-state index contributed by atoms with van der Waals surface area (Å²) >= 11 is 0. The monoisotopic (exact) mass is 476 g/mol. The highest BCUT2D eigenvalue weighted by molar-refractivity contribution is 5.84. The number of benzene rings is 2. The molecule has 2 aromatic carbocycles. The second kappa shape index (κ2) is 8.68. The number of alkyl carbamates (subject to hydrolysis) is 1. The summed E-state index contributed by atoms with van der Waals surface area (Å²) in [7, 11) is 0. The van der Waals surface area contributed by atoms with Crippen LogP contribution in [0.4, 0.5) is 4.79 Å². The Morgan fingerprint density at radius 2 is 1.69 bits per heavy atom. The standard InChI is InChI=1S/C27H28N2O6/c30-25(29-11-9-19-20(13-29)23(19)26(31)32)24-22(10-12-34-24)28-27(33)35-14-21-17-7-3-1-5-15(17)16-6-2-4-8-18(16)21/h1-8,19-24H,9-14H2,(H,28,33)(H,31,32)/t19?,20?,22-,23?,24+/m0/s1. The summed E-state index contributed by atoms with van der Waals surface area (Å²) in [6, 6.07) is 15.8. The van der Waals surface area contributed by atoms with E-state index < -0.39 is 24.2 Å². The number of carbonyl (C=O) groups excluding carboxylic acids is 2. The van der Waals surface area contributed by atoms with Gasteiger partial charge in [0, 0.05) is 25.6 Å². The van der Waals surface area contributed by atoms with Crippen LogP contribution in [0.1, 0.15) is 29.9 Å². The summed E-state index contributed by atoms with van der Waals surface area (Å²) in [4.78, 5) is 38.9. The number of aliphatic carboxylic acids is 1. The molecule has 3 fully saturated rings. The first-order chi connectivity index (χ1) is 17.0. The van der Waals surface area contributed by atoms with Crippen molar-refractivity contribution in [1.29, 1.82) is 0 Å². The number of ether oxygens (including phenoxy) is 2. The average molecular weight is 477 g/mol. The van der Waals surface area contributed by atoms with Crippen molar-refractivity contribution in [1.82, 2.24) is 10.2 Å². The lowest BCUT2D eigenvalue weighted by molar-refractivity contribution is -0.143. The summed E-state index contributed by atoms with van der Waals surface area (Å²) in [5.41, 5.74) is 4.61. The lowest BCUT2D eigenvalue weighted by atomic mass is 9.98. The van der Waals surface area contributed by atoms with Crippen LogP contribution in [0.5, 0.6) is 0 Å². The Hall–Kier alpha value is -3.39. The molecule has 2 aromatic rings. The fourth-order valence-electron chi connectivity index (χ4n) is 6.26. The van der Waals surface area contributed by atoms with Gasteiger partial charge in [0.15, 0.2) is 6.10 Å².